The number of carbonyl (C=O) groups is 1. The maximum atomic E-state index is 12.2. The molecule has 4 heteroatoms. The van der Waals surface area contributed by atoms with Gasteiger partial charge >= 0.3 is 0 Å². The first-order valence-electron chi connectivity index (χ1n) is 6.85. The van der Waals surface area contributed by atoms with E-state index in [1.54, 1.807) is 12.4 Å². The SMILES string of the molecule is CC1(C)CCCCC1C(=O)NCCc1ncc[nH]1. The van der Waals surface area contributed by atoms with Gasteiger partial charge in [-0.3, -0.25) is 4.79 Å². The minimum atomic E-state index is 0.146. The number of hydrogen-bond acceptors (Lipinski definition) is 2. The summed E-state index contributed by atoms with van der Waals surface area (Å²) in [6, 6.07) is 0. The van der Waals surface area contributed by atoms with Gasteiger partial charge in [-0.1, -0.05) is 26.7 Å². The molecule has 4 nitrogen and oxygen atoms in total. The molecule has 1 heterocycles. The van der Waals surface area contributed by atoms with Crippen molar-refractivity contribution in [3.8, 4) is 0 Å². The largest absolute Gasteiger partial charge is 0.355 e. The lowest BCUT2D eigenvalue weighted by Gasteiger charge is -2.37. The van der Waals surface area contributed by atoms with Gasteiger partial charge < -0.3 is 10.3 Å². The van der Waals surface area contributed by atoms with Crippen molar-refractivity contribution in [2.45, 2.75) is 46.0 Å². The molecule has 0 spiro atoms. The summed E-state index contributed by atoms with van der Waals surface area (Å²) < 4.78 is 0. The summed E-state index contributed by atoms with van der Waals surface area (Å²) in [6.45, 7) is 5.09. The van der Waals surface area contributed by atoms with E-state index in [1.807, 2.05) is 0 Å². The molecule has 0 bridgehead atoms. The molecule has 1 atom stereocenters. The van der Waals surface area contributed by atoms with Crippen LogP contribution < -0.4 is 5.32 Å². The maximum Gasteiger partial charge on any atom is 0.223 e. The Balaban J connectivity index is 1.80. The van der Waals surface area contributed by atoms with Crippen LogP contribution in [0.1, 0.15) is 45.4 Å². The molecule has 1 aliphatic carbocycles. The van der Waals surface area contributed by atoms with Gasteiger partial charge in [-0.15, -0.1) is 0 Å². The highest BCUT2D eigenvalue weighted by Gasteiger charge is 2.36. The van der Waals surface area contributed by atoms with E-state index in [4.69, 9.17) is 0 Å². The Labute approximate surface area is 109 Å². The van der Waals surface area contributed by atoms with E-state index < -0.39 is 0 Å². The van der Waals surface area contributed by atoms with Crippen LogP contribution in [-0.4, -0.2) is 22.4 Å². The lowest BCUT2D eigenvalue weighted by Crippen LogP contribution is -2.41. The third-order valence-electron chi connectivity index (χ3n) is 4.04. The number of carbonyl (C=O) groups excluding carboxylic acids is 1. The average molecular weight is 249 g/mol. The summed E-state index contributed by atoms with van der Waals surface area (Å²) in [5, 5.41) is 3.05. The van der Waals surface area contributed by atoms with E-state index in [-0.39, 0.29) is 17.2 Å². The van der Waals surface area contributed by atoms with Crippen LogP contribution in [0.4, 0.5) is 0 Å². The van der Waals surface area contributed by atoms with Gasteiger partial charge in [0.05, 0.1) is 0 Å². The Bertz CT molecular complexity index is 384. The molecular formula is C14H23N3O. The highest BCUT2D eigenvalue weighted by atomic mass is 16.1. The highest BCUT2D eigenvalue weighted by molar-refractivity contribution is 5.79. The quantitative estimate of drug-likeness (QED) is 0.860. The minimum Gasteiger partial charge on any atom is -0.355 e. The number of amides is 1. The summed E-state index contributed by atoms with van der Waals surface area (Å²) in [4.78, 5) is 19.4. The fourth-order valence-corrected chi connectivity index (χ4v) is 2.84. The van der Waals surface area contributed by atoms with Gasteiger partial charge in [0.15, 0.2) is 0 Å². The summed E-state index contributed by atoms with van der Waals surface area (Å²) in [6.07, 6.45) is 8.93. The van der Waals surface area contributed by atoms with Gasteiger partial charge in [0.25, 0.3) is 0 Å². The number of H-pyrrole nitrogens is 1. The molecule has 2 N–H and O–H groups in total. The number of nitrogens with zero attached hydrogens (tertiary/aromatic N) is 1. The monoisotopic (exact) mass is 249 g/mol. The van der Waals surface area contributed by atoms with Crippen molar-refractivity contribution < 1.29 is 4.79 Å². The normalized spacial score (nSPS) is 22.7. The van der Waals surface area contributed by atoms with E-state index in [1.165, 1.54) is 12.8 Å². The second-order valence-corrected chi connectivity index (χ2v) is 5.86. The Morgan fingerprint density at radius 1 is 1.56 bits per heavy atom. The molecule has 1 aromatic rings. The van der Waals surface area contributed by atoms with Crippen molar-refractivity contribution in [2.24, 2.45) is 11.3 Å². The first-order valence-corrected chi connectivity index (χ1v) is 6.85. The van der Waals surface area contributed by atoms with Gasteiger partial charge in [-0.2, -0.15) is 0 Å². The zero-order valence-electron chi connectivity index (χ0n) is 11.3. The lowest BCUT2D eigenvalue weighted by molar-refractivity contribution is -0.130. The first-order chi connectivity index (χ1) is 8.59. The predicted octanol–water partition coefficient (Wildman–Crippen LogP) is 2.28. The van der Waals surface area contributed by atoms with Gasteiger partial charge in [-0.25, -0.2) is 4.98 Å². The predicted molar refractivity (Wildman–Crippen MR) is 71.0 cm³/mol. The number of hydrogen-bond donors (Lipinski definition) is 2. The summed E-state index contributed by atoms with van der Waals surface area (Å²) >= 11 is 0. The zero-order valence-corrected chi connectivity index (χ0v) is 11.3. The fourth-order valence-electron chi connectivity index (χ4n) is 2.84. The molecule has 1 aliphatic rings. The number of aromatic amines is 1. The van der Waals surface area contributed by atoms with E-state index in [2.05, 4.69) is 29.1 Å². The highest BCUT2D eigenvalue weighted by Crippen LogP contribution is 2.40. The number of nitrogens with one attached hydrogen (secondary N) is 2. The van der Waals surface area contributed by atoms with Crippen LogP contribution in [0.15, 0.2) is 12.4 Å². The molecular weight excluding hydrogens is 226 g/mol. The van der Waals surface area contributed by atoms with E-state index >= 15 is 0 Å². The van der Waals surface area contributed by atoms with Crippen LogP contribution in [0.2, 0.25) is 0 Å². The van der Waals surface area contributed by atoms with Crippen molar-refractivity contribution in [3.63, 3.8) is 0 Å². The van der Waals surface area contributed by atoms with Crippen molar-refractivity contribution in [3.05, 3.63) is 18.2 Å². The molecule has 18 heavy (non-hydrogen) atoms. The molecule has 1 amide bonds. The van der Waals surface area contributed by atoms with Crippen LogP contribution in [0.3, 0.4) is 0 Å². The third-order valence-corrected chi connectivity index (χ3v) is 4.04. The molecule has 2 rings (SSSR count). The van der Waals surface area contributed by atoms with Crippen LogP contribution >= 0.6 is 0 Å². The summed E-state index contributed by atoms with van der Waals surface area (Å²) in [7, 11) is 0. The topological polar surface area (TPSA) is 57.8 Å². The van der Waals surface area contributed by atoms with Crippen LogP contribution in [0.5, 0.6) is 0 Å². The molecule has 1 fully saturated rings. The fraction of sp³-hybridized carbons (Fsp3) is 0.714. The number of rotatable bonds is 4. The second kappa shape index (κ2) is 5.55. The van der Waals surface area contributed by atoms with Crippen LogP contribution in [-0.2, 0) is 11.2 Å². The van der Waals surface area contributed by atoms with E-state index in [9.17, 15) is 4.79 Å². The first kappa shape index (κ1) is 13.1. The van der Waals surface area contributed by atoms with Crippen LogP contribution in [0.25, 0.3) is 0 Å². The number of imidazole rings is 1. The summed E-state index contributed by atoms with van der Waals surface area (Å²) in [5.74, 6) is 1.31. The van der Waals surface area contributed by atoms with Gasteiger partial charge in [0.2, 0.25) is 5.91 Å². The van der Waals surface area contributed by atoms with Gasteiger partial charge in [0.1, 0.15) is 5.82 Å². The summed E-state index contributed by atoms with van der Waals surface area (Å²) in [5.41, 5.74) is 0.146. The molecule has 100 valence electrons. The Morgan fingerprint density at radius 3 is 3.06 bits per heavy atom. The van der Waals surface area contributed by atoms with E-state index in [0.29, 0.717) is 6.54 Å². The van der Waals surface area contributed by atoms with Crippen LogP contribution in [0, 0.1) is 11.3 Å². The molecule has 1 saturated carbocycles. The standard InChI is InChI=1S/C14H23N3O/c1-14(2)7-4-3-5-11(14)13(18)17-8-6-12-15-9-10-16-12/h9-11H,3-8H2,1-2H3,(H,15,16)(H,17,18). The second-order valence-electron chi connectivity index (χ2n) is 5.86. The zero-order chi connectivity index (χ0) is 13.0. The molecule has 0 saturated heterocycles. The van der Waals surface area contributed by atoms with Gasteiger partial charge in [-0.05, 0) is 18.3 Å². The molecule has 0 aliphatic heterocycles. The molecule has 0 aromatic carbocycles. The molecule has 1 aromatic heterocycles. The Hall–Kier alpha value is -1.32. The smallest absolute Gasteiger partial charge is 0.223 e. The Morgan fingerprint density at radius 2 is 2.39 bits per heavy atom. The minimum absolute atomic E-state index is 0.146. The van der Waals surface area contributed by atoms with E-state index in [0.717, 1.165) is 25.1 Å². The molecule has 0 radical (unpaired) electrons. The van der Waals surface area contributed by atoms with Crippen molar-refractivity contribution in [2.75, 3.05) is 6.54 Å². The van der Waals surface area contributed by atoms with Crippen molar-refractivity contribution in [1.29, 1.82) is 0 Å². The lowest BCUT2D eigenvalue weighted by atomic mass is 9.68. The molecule has 1 unspecified atom stereocenters. The maximum absolute atomic E-state index is 12.2. The van der Waals surface area contributed by atoms with Crippen molar-refractivity contribution in [1.82, 2.24) is 15.3 Å². The average Bonchev–Trinajstić information content (AvgIpc) is 2.81. The Kier molecular flexibility index (Phi) is 4.04. The van der Waals surface area contributed by atoms with Gasteiger partial charge in [0, 0.05) is 31.3 Å². The third kappa shape index (κ3) is 3.12. The number of aromatic nitrogens is 2. The van der Waals surface area contributed by atoms with Crippen molar-refractivity contribution >= 4 is 5.91 Å².